The summed E-state index contributed by atoms with van der Waals surface area (Å²) in [5.41, 5.74) is 0.373. The first kappa shape index (κ1) is 19.0. The van der Waals surface area contributed by atoms with Crippen LogP contribution >= 0.6 is 0 Å². The van der Waals surface area contributed by atoms with Gasteiger partial charge in [0.15, 0.2) is 0 Å². The third kappa shape index (κ3) is 3.66. The highest BCUT2D eigenvalue weighted by Gasteiger charge is 2.52. The van der Waals surface area contributed by atoms with Gasteiger partial charge in [0.25, 0.3) is 5.91 Å². The van der Waals surface area contributed by atoms with Gasteiger partial charge in [0, 0.05) is 5.69 Å². The van der Waals surface area contributed by atoms with Crippen molar-refractivity contribution in [3.05, 3.63) is 24.3 Å². The van der Waals surface area contributed by atoms with E-state index in [4.69, 9.17) is 0 Å². The smallest absolute Gasteiger partial charge is 0.325 e. The Kier molecular flexibility index (Phi) is 5.16. The van der Waals surface area contributed by atoms with Crippen LogP contribution in [0.4, 0.5) is 10.5 Å². The van der Waals surface area contributed by atoms with Crippen LogP contribution in [0.25, 0.3) is 0 Å². The van der Waals surface area contributed by atoms with E-state index in [2.05, 4.69) is 10.2 Å². The molecule has 3 fully saturated rings. The van der Waals surface area contributed by atoms with Crippen LogP contribution in [-0.2, 0) is 4.79 Å². The van der Waals surface area contributed by atoms with E-state index in [-0.39, 0.29) is 24.2 Å². The zero-order valence-corrected chi connectivity index (χ0v) is 16.1. The number of aliphatic hydroxyl groups is 1. The van der Waals surface area contributed by atoms with Crippen LogP contribution in [0.3, 0.4) is 0 Å². The number of piperazine rings is 1. The number of urea groups is 1. The molecule has 1 saturated carbocycles. The number of rotatable bonds is 5. The second-order valence-electron chi connectivity index (χ2n) is 8.25. The van der Waals surface area contributed by atoms with Crippen molar-refractivity contribution < 1.29 is 24.7 Å². The minimum atomic E-state index is -0.721. The van der Waals surface area contributed by atoms with Crippen molar-refractivity contribution in [2.75, 3.05) is 44.2 Å². The first-order chi connectivity index (χ1) is 13.5. The Balaban J connectivity index is 1.27. The van der Waals surface area contributed by atoms with Crippen molar-refractivity contribution in [1.82, 2.24) is 10.2 Å². The average Bonchev–Trinajstić information content (AvgIpc) is 3.24. The molecule has 1 spiro atoms. The van der Waals surface area contributed by atoms with Gasteiger partial charge in [-0.25, -0.2) is 4.79 Å². The van der Waals surface area contributed by atoms with Gasteiger partial charge < -0.3 is 25.3 Å². The van der Waals surface area contributed by atoms with Crippen molar-refractivity contribution in [3.63, 3.8) is 0 Å². The van der Waals surface area contributed by atoms with Crippen LogP contribution in [-0.4, -0.2) is 78.0 Å². The summed E-state index contributed by atoms with van der Waals surface area (Å²) in [6.45, 7) is 4.06. The molecule has 4 rings (SSSR count). The van der Waals surface area contributed by atoms with Gasteiger partial charge in [0.1, 0.15) is 23.9 Å². The number of nitrogens with one attached hydrogen (secondary N) is 2. The highest BCUT2D eigenvalue weighted by molar-refractivity contribution is 6.07. The third-order valence-corrected chi connectivity index (χ3v) is 6.31. The van der Waals surface area contributed by atoms with E-state index < -0.39 is 11.6 Å². The van der Waals surface area contributed by atoms with Crippen LogP contribution in [0.15, 0.2) is 24.3 Å². The molecule has 152 valence electrons. The number of aromatic hydroxyl groups is 1. The number of carbonyl (C=O) groups excluding carboxylic acids is 2. The maximum absolute atomic E-state index is 12.7. The first-order valence-electron chi connectivity index (χ1n) is 10.2. The van der Waals surface area contributed by atoms with E-state index in [0.717, 1.165) is 44.7 Å². The Labute approximate surface area is 164 Å². The monoisotopic (exact) mass is 389 g/mol. The Morgan fingerprint density at radius 2 is 1.75 bits per heavy atom. The molecular formula is C20H29N4O4+. The predicted molar refractivity (Wildman–Crippen MR) is 103 cm³/mol. The molecule has 0 bridgehead atoms. The summed E-state index contributed by atoms with van der Waals surface area (Å²) in [4.78, 5) is 29.7. The molecule has 0 radical (unpaired) electrons. The predicted octanol–water partition coefficient (Wildman–Crippen LogP) is -0.677. The molecule has 8 nitrogen and oxygen atoms in total. The topological polar surface area (TPSA) is 97.5 Å². The van der Waals surface area contributed by atoms with Gasteiger partial charge in [-0.05, 0) is 37.1 Å². The molecule has 3 amide bonds. The van der Waals surface area contributed by atoms with E-state index in [0.29, 0.717) is 19.4 Å². The normalized spacial score (nSPS) is 23.5. The van der Waals surface area contributed by atoms with Gasteiger partial charge in [0.05, 0.1) is 32.7 Å². The SMILES string of the molecule is O=C1NC2(CCCC2)C(=O)N1C[C@H](O)C[NH+]1CCN(c2ccc(O)cc2)CC1. The molecule has 1 atom stereocenters. The number of hydrogen-bond donors (Lipinski definition) is 4. The molecule has 2 saturated heterocycles. The minimum absolute atomic E-state index is 0.0671. The van der Waals surface area contributed by atoms with E-state index >= 15 is 0 Å². The molecule has 3 aliphatic rings. The maximum atomic E-state index is 12.7. The standard InChI is InChI=1S/C20H28N4O4/c25-16-5-3-15(4-6-16)23-11-9-22(10-12-23)13-17(26)14-24-18(27)20(21-19(24)28)7-1-2-8-20/h3-6,17,25-26H,1-2,7-14H2,(H,21,28)/p+1/t17-/m1/s1. The zero-order valence-electron chi connectivity index (χ0n) is 16.1. The summed E-state index contributed by atoms with van der Waals surface area (Å²) in [5, 5.41) is 22.8. The Morgan fingerprint density at radius 1 is 1.11 bits per heavy atom. The van der Waals surface area contributed by atoms with Gasteiger partial charge in [-0.3, -0.25) is 9.69 Å². The summed E-state index contributed by atoms with van der Waals surface area (Å²) in [5.74, 6) is 0.0946. The van der Waals surface area contributed by atoms with E-state index in [9.17, 15) is 19.8 Å². The Hall–Kier alpha value is -2.32. The molecule has 1 aromatic rings. The van der Waals surface area contributed by atoms with E-state index in [1.165, 1.54) is 9.80 Å². The van der Waals surface area contributed by atoms with Gasteiger partial charge >= 0.3 is 6.03 Å². The maximum Gasteiger partial charge on any atom is 0.325 e. The van der Waals surface area contributed by atoms with Crippen LogP contribution in [0.1, 0.15) is 25.7 Å². The molecule has 1 aromatic carbocycles. The summed E-state index contributed by atoms with van der Waals surface area (Å²) in [7, 11) is 0. The number of carbonyl (C=O) groups is 2. The fraction of sp³-hybridized carbons (Fsp3) is 0.600. The lowest BCUT2D eigenvalue weighted by Crippen LogP contribution is -3.16. The molecule has 0 unspecified atom stereocenters. The van der Waals surface area contributed by atoms with Crippen LogP contribution in [0, 0.1) is 0 Å². The number of phenolic OH excluding ortho intramolecular Hbond substituents is 1. The van der Waals surface area contributed by atoms with Crippen molar-refractivity contribution >= 4 is 17.6 Å². The number of nitrogens with zero attached hydrogens (tertiary/aromatic N) is 2. The fourth-order valence-corrected chi connectivity index (χ4v) is 4.72. The number of benzene rings is 1. The minimum Gasteiger partial charge on any atom is -0.508 e. The number of imide groups is 1. The number of hydrogen-bond acceptors (Lipinski definition) is 5. The first-order valence-corrected chi connectivity index (χ1v) is 10.2. The van der Waals surface area contributed by atoms with Gasteiger partial charge in [-0.2, -0.15) is 0 Å². The number of quaternary nitrogens is 1. The largest absolute Gasteiger partial charge is 0.508 e. The molecule has 8 heteroatoms. The second kappa shape index (κ2) is 7.60. The van der Waals surface area contributed by atoms with Crippen LogP contribution < -0.4 is 15.1 Å². The summed E-state index contributed by atoms with van der Waals surface area (Å²) in [6.07, 6.45) is 2.60. The number of phenols is 1. The molecule has 4 N–H and O–H groups in total. The fourth-order valence-electron chi connectivity index (χ4n) is 4.72. The average molecular weight is 389 g/mol. The Bertz CT molecular complexity index is 724. The lowest BCUT2D eigenvalue weighted by molar-refractivity contribution is -0.903. The highest BCUT2D eigenvalue weighted by atomic mass is 16.3. The molecule has 28 heavy (non-hydrogen) atoms. The quantitative estimate of drug-likeness (QED) is 0.501. The number of β-amino-alcohol motifs (C(OH)–C–C–N with tert-alkyl or cyclic N) is 1. The van der Waals surface area contributed by atoms with Gasteiger partial charge in [-0.1, -0.05) is 12.8 Å². The van der Waals surface area contributed by atoms with Crippen molar-refractivity contribution in [1.29, 1.82) is 0 Å². The Morgan fingerprint density at radius 3 is 2.39 bits per heavy atom. The van der Waals surface area contributed by atoms with Gasteiger partial charge in [-0.15, -0.1) is 0 Å². The molecule has 0 aromatic heterocycles. The van der Waals surface area contributed by atoms with Crippen LogP contribution in [0.2, 0.25) is 0 Å². The van der Waals surface area contributed by atoms with E-state index in [1.54, 1.807) is 12.1 Å². The number of aliphatic hydroxyl groups excluding tert-OH is 1. The molecule has 1 aliphatic carbocycles. The van der Waals surface area contributed by atoms with Crippen molar-refractivity contribution in [3.8, 4) is 5.75 Å². The zero-order chi connectivity index (χ0) is 19.7. The molecule has 2 aliphatic heterocycles. The third-order valence-electron chi connectivity index (χ3n) is 6.31. The second-order valence-corrected chi connectivity index (χ2v) is 8.25. The highest BCUT2D eigenvalue weighted by Crippen LogP contribution is 2.35. The van der Waals surface area contributed by atoms with E-state index in [1.807, 2.05) is 12.1 Å². The number of anilines is 1. The van der Waals surface area contributed by atoms with Gasteiger partial charge in [0.2, 0.25) is 0 Å². The van der Waals surface area contributed by atoms with Crippen molar-refractivity contribution in [2.24, 2.45) is 0 Å². The molecule has 2 heterocycles. The van der Waals surface area contributed by atoms with Crippen LogP contribution in [0.5, 0.6) is 5.75 Å². The summed E-state index contributed by atoms with van der Waals surface area (Å²) < 4.78 is 0. The number of amides is 3. The summed E-state index contributed by atoms with van der Waals surface area (Å²) in [6, 6.07) is 6.83. The van der Waals surface area contributed by atoms with Crippen molar-refractivity contribution in [2.45, 2.75) is 37.3 Å². The lowest BCUT2D eigenvalue weighted by atomic mass is 9.98. The summed E-state index contributed by atoms with van der Waals surface area (Å²) >= 11 is 0. The lowest BCUT2D eigenvalue weighted by Gasteiger charge is -2.34. The molecular weight excluding hydrogens is 360 g/mol.